The molecule has 3 amide bonds. The number of nitrogens with one attached hydrogen (secondary N) is 3. The Morgan fingerprint density at radius 1 is 0.971 bits per heavy atom. The van der Waals surface area contributed by atoms with E-state index in [1.54, 1.807) is 25.3 Å². The van der Waals surface area contributed by atoms with Gasteiger partial charge >= 0.3 is 6.03 Å². The first-order chi connectivity index (χ1) is 16.3. The maximum Gasteiger partial charge on any atom is 0.321 e. The van der Waals surface area contributed by atoms with Gasteiger partial charge < -0.3 is 15.4 Å². The van der Waals surface area contributed by atoms with Gasteiger partial charge in [-0.1, -0.05) is 47.2 Å². The van der Waals surface area contributed by atoms with E-state index in [9.17, 15) is 9.59 Å². The first-order valence-electron chi connectivity index (χ1n) is 10.8. The van der Waals surface area contributed by atoms with E-state index in [2.05, 4.69) is 20.9 Å². The zero-order chi connectivity index (χ0) is 24.2. The fourth-order valence-corrected chi connectivity index (χ4v) is 4.75. The van der Waals surface area contributed by atoms with Gasteiger partial charge in [-0.3, -0.25) is 10.1 Å². The number of nitrogens with zero attached hydrogens (tertiary/aromatic N) is 1. The average Bonchev–Trinajstić information content (AvgIpc) is 3.21. The fraction of sp³-hybridized carbons (Fsp3) is 0.192. The SMILES string of the molecule is COc1ccccc1CNC(=O)Nc1nc2ccc(C(=O)Nc3c(C)cc(C)cc3C)cc2s1. The minimum atomic E-state index is -0.367. The van der Waals surface area contributed by atoms with Crippen molar-refractivity contribution in [1.82, 2.24) is 10.3 Å². The van der Waals surface area contributed by atoms with Crippen molar-refractivity contribution in [3.63, 3.8) is 0 Å². The smallest absolute Gasteiger partial charge is 0.321 e. The number of ether oxygens (including phenoxy) is 1. The predicted octanol–water partition coefficient (Wildman–Crippen LogP) is 5.80. The molecular formula is C26H26N4O3S. The van der Waals surface area contributed by atoms with Crippen LogP contribution in [0.4, 0.5) is 15.6 Å². The average molecular weight is 475 g/mol. The van der Waals surface area contributed by atoms with Crippen LogP contribution in [0.15, 0.2) is 54.6 Å². The van der Waals surface area contributed by atoms with Gasteiger partial charge in [0.15, 0.2) is 5.13 Å². The Hall–Kier alpha value is -3.91. The third-order valence-electron chi connectivity index (χ3n) is 5.42. The lowest BCUT2D eigenvalue weighted by molar-refractivity contribution is 0.102. The summed E-state index contributed by atoms with van der Waals surface area (Å²) in [5, 5.41) is 9.05. The zero-order valence-corrected chi connectivity index (χ0v) is 20.3. The molecule has 0 spiro atoms. The van der Waals surface area contributed by atoms with Crippen LogP contribution in [-0.2, 0) is 6.54 Å². The minimum Gasteiger partial charge on any atom is -0.496 e. The van der Waals surface area contributed by atoms with Crippen LogP contribution in [0.25, 0.3) is 10.2 Å². The van der Waals surface area contributed by atoms with Gasteiger partial charge in [-0.2, -0.15) is 0 Å². The van der Waals surface area contributed by atoms with Gasteiger partial charge in [0.05, 0.1) is 17.3 Å². The number of aryl methyl sites for hydroxylation is 3. The summed E-state index contributed by atoms with van der Waals surface area (Å²) in [4.78, 5) is 29.7. The quantitative estimate of drug-likeness (QED) is 0.329. The molecule has 0 aliphatic rings. The Labute approximate surface area is 202 Å². The summed E-state index contributed by atoms with van der Waals surface area (Å²) in [6.45, 7) is 6.33. The number of urea groups is 1. The van der Waals surface area contributed by atoms with Crippen molar-refractivity contribution in [3.05, 3.63) is 82.4 Å². The molecule has 0 atom stereocenters. The summed E-state index contributed by atoms with van der Waals surface area (Å²) >= 11 is 1.31. The van der Waals surface area contributed by atoms with Gasteiger partial charge in [-0.15, -0.1) is 0 Å². The minimum absolute atomic E-state index is 0.186. The van der Waals surface area contributed by atoms with Gasteiger partial charge in [-0.25, -0.2) is 9.78 Å². The Balaban J connectivity index is 1.43. The molecule has 0 radical (unpaired) electrons. The van der Waals surface area contributed by atoms with E-state index in [0.29, 0.717) is 28.5 Å². The van der Waals surface area contributed by atoms with Crippen molar-refractivity contribution in [2.75, 3.05) is 17.7 Å². The van der Waals surface area contributed by atoms with E-state index in [4.69, 9.17) is 4.74 Å². The monoisotopic (exact) mass is 474 g/mol. The van der Waals surface area contributed by atoms with Crippen molar-refractivity contribution in [2.24, 2.45) is 0 Å². The fourth-order valence-electron chi connectivity index (χ4n) is 3.85. The third kappa shape index (κ3) is 5.18. The highest BCUT2D eigenvalue weighted by molar-refractivity contribution is 7.22. The number of hydrogen-bond acceptors (Lipinski definition) is 5. The largest absolute Gasteiger partial charge is 0.496 e. The second kappa shape index (κ2) is 9.93. The summed E-state index contributed by atoms with van der Waals surface area (Å²) in [5.41, 5.74) is 6.15. The zero-order valence-electron chi connectivity index (χ0n) is 19.5. The molecule has 34 heavy (non-hydrogen) atoms. The van der Waals surface area contributed by atoms with E-state index < -0.39 is 0 Å². The molecular weight excluding hydrogens is 448 g/mol. The second-order valence-corrected chi connectivity index (χ2v) is 9.08. The van der Waals surface area contributed by atoms with Crippen molar-refractivity contribution in [3.8, 4) is 5.75 Å². The maximum atomic E-state index is 12.9. The summed E-state index contributed by atoms with van der Waals surface area (Å²) < 4.78 is 6.12. The number of fused-ring (bicyclic) bond motifs is 1. The number of benzene rings is 3. The summed E-state index contributed by atoms with van der Waals surface area (Å²) in [6, 6.07) is 16.5. The number of thiazole rings is 1. The normalized spacial score (nSPS) is 10.7. The van der Waals surface area contributed by atoms with Crippen LogP contribution < -0.4 is 20.7 Å². The molecule has 0 unspecified atom stereocenters. The summed E-state index contributed by atoms with van der Waals surface area (Å²) in [6.07, 6.45) is 0. The number of carbonyl (C=O) groups is 2. The topological polar surface area (TPSA) is 92.3 Å². The van der Waals surface area contributed by atoms with Crippen LogP contribution in [0.1, 0.15) is 32.6 Å². The molecule has 1 aromatic heterocycles. The molecule has 4 rings (SSSR count). The first kappa shape index (κ1) is 23.3. The Morgan fingerprint density at radius 2 is 1.71 bits per heavy atom. The molecule has 0 saturated carbocycles. The molecule has 4 aromatic rings. The van der Waals surface area contributed by atoms with Gasteiger partial charge in [0, 0.05) is 23.4 Å². The number of rotatable bonds is 6. The standard InChI is InChI=1S/C26H26N4O3S/c1-15-11-16(2)23(17(3)12-15)29-24(31)18-9-10-20-22(13-18)34-26(28-20)30-25(32)27-14-19-7-5-6-8-21(19)33-4/h5-13H,14H2,1-4H3,(H,29,31)(H2,27,28,30,32). The van der Waals surface area contributed by atoms with E-state index in [1.165, 1.54) is 11.3 Å². The van der Waals surface area contributed by atoms with Crippen LogP contribution in [0, 0.1) is 20.8 Å². The Bertz CT molecular complexity index is 1360. The number of methoxy groups -OCH3 is 1. The van der Waals surface area contributed by atoms with Crippen LogP contribution in [0.5, 0.6) is 5.75 Å². The van der Waals surface area contributed by atoms with Crippen LogP contribution in [0.3, 0.4) is 0 Å². The van der Waals surface area contributed by atoms with Gasteiger partial charge in [0.2, 0.25) is 0 Å². The summed E-state index contributed by atoms with van der Waals surface area (Å²) in [5.74, 6) is 0.527. The van der Waals surface area contributed by atoms with Crippen LogP contribution in [0.2, 0.25) is 0 Å². The first-order valence-corrected chi connectivity index (χ1v) is 11.6. The molecule has 0 bridgehead atoms. The molecule has 7 nitrogen and oxygen atoms in total. The Kier molecular flexibility index (Phi) is 6.79. The van der Waals surface area contributed by atoms with Crippen molar-refractivity contribution >= 4 is 44.3 Å². The van der Waals surface area contributed by atoms with E-state index in [1.807, 2.05) is 57.2 Å². The molecule has 0 aliphatic heterocycles. The number of aromatic nitrogens is 1. The molecule has 3 N–H and O–H groups in total. The lowest BCUT2D eigenvalue weighted by atomic mass is 10.0. The molecule has 0 aliphatic carbocycles. The molecule has 8 heteroatoms. The van der Waals surface area contributed by atoms with E-state index in [-0.39, 0.29) is 11.9 Å². The van der Waals surface area contributed by atoms with Crippen LogP contribution >= 0.6 is 11.3 Å². The molecule has 0 fully saturated rings. The van der Waals surface area contributed by atoms with Crippen molar-refractivity contribution in [1.29, 1.82) is 0 Å². The van der Waals surface area contributed by atoms with Gasteiger partial charge in [0.1, 0.15) is 5.75 Å². The second-order valence-electron chi connectivity index (χ2n) is 8.05. The number of amides is 3. The van der Waals surface area contributed by atoms with E-state index in [0.717, 1.165) is 32.6 Å². The molecule has 1 heterocycles. The van der Waals surface area contributed by atoms with Crippen LogP contribution in [-0.4, -0.2) is 24.0 Å². The Morgan fingerprint density at radius 3 is 2.44 bits per heavy atom. The highest BCUT2D eigenvalue weighted by atomic mass is 32.1. The summed E-state index contributed by atoms with van der Waals surface area (Å²) in [7, 11) is 1.59. The van der Waals surface area contributed by atoms with Gasteiger partial charge in [-0.05, 0) is 56.2 Å². The predicted molar refractivity (Wildman–Crippen MR) is 137 cm³/mol. The van der Waals surface area contributed by atoms with Crippen molar-refractivity contribution in [2.45, 2.75) is 27.3 Å². The highest BCUT2D eigenvalue weighted by Gasteiger charge is 2.14. The highest BCUT2D eigenvalue weighted by Crippen LogP contribution is 2.28. The molecule has 3 aromatic carbocycles. The maximum absolute atomic E-state index is 12.9. The molecule has 0 saturated heterocycles. The van der Waals surface area contributed by atoms with Gasteiger partial charge in [0.25, 0.3) is 5.91 Å². The lowest BCUT2D eigenvalue weighted by Crippen LogP contribution is -2.28. The number of hydrogen-bond donors (Lipinski definition) is 3. The van der Waals surface area contributed by atoms with Crippen molar-refractivity contribution < 1.29 is 14.3 Å². The number of carbonyl (C=O) groups excluding carboxylic acids is 2. The molecule has 174 valence electrons. The third-order valence-corrected chi connectivity index (χ3v) is 6.35. The number of anilines is 2. The van der Waals surface area contributed by atoms with E-state index >= 15 is 0 Å². The number of para-hydroxylation sites is 1. The lowest BCUT2D eigenvalue weighted by Gasteiger charge is -2.12.